The molecule has 0 radical (unpaired) electrons. The van der Waals surface area contributed by atoms with E-state index in [4.69, 9.17) is 19.9 Å². The average Bonchev–Trinajstić information content (AvgIpc) is 2.89. The van der Waals surface area contributed by atoms with Crippen LogP contribution < -0.4 is 15.2 Å². The van der Waals surface area contributed by atoms with Crippen LogP contribution in [0.15, 0.2) is 24.3 Å². The van der Waals surface area contributed by atoms with Gasteiger partial charge in [0.15, 0.2) is 0 Å². The molecule has 1 aliphatic rings. The molecule has 1 fully saturated rings. The van der Waals surface area contributed by atoms with Crippen LogP contribution >= 0.6 is 0 Å². The van der Waals surface area contributed by atoms with Gasteiger partial charge < -0.3 is 19.9 Å². The molecule has 2 atom stereocenters. The van der Waals surface area contributed by atoms with Crippen LogP contribution in [0.4, 0.5) is 0 Å². The van der Waals surface area contributed by atoms with Gasteiger partial charge in [0.1, 0.15) is 17.0 Å². The Hall–Kier alpha value is -1.75. The Morgan fingerprint density at radius 1 is 1.38 bits per heavy atom. The molecule has 2 N–H and O–H groups in total. The summed E-state index contributed by atoms with van der Waals surface area (Å²) in [5.74, 6) is 1.31. The molecule has 5 heteroatoms. The minimum atomic E-state index is -0.855. The van der Waals surface area contributed by atoms with Gasteiger partial charge in [0, 0.05) is 6.07 Å². The molecule has 0 spiro atoms. The highest BCUT2D eigenvalue weighted by atomic mass is 16.5. The second kappa shape index (κ2) is 6.80. The van der Waals surface area contributed by atoms with Crippen LogP contribution in [0.25, 0.3) is 0 Å². The summed E-state index contributed by atoms with van der Waals surface area (Å²) in [4.78, 5) is 11.9. The summed E-state index contributed by atoms with van der Waals surface area (Å²) in [5.41, 5.74) is 5.38. The third-order valence-electron chi connectivity index (χ3n) is 4.21. The van der Waals surface area contributed by atoms with Crippen LogP contribution in [0.1, 0.15) is 25.7 Å². The molecule has 0 bridgehead atoms. The van der Waals surface area contributed by atoms with Crippen molar-refractivity contribution in [3.8, 4) is 11.5 Å². The quantitative estimate of drug-likeness (QED) is 0.814. The van der Waals surface area contributed by atoms with Crippen LogP contribution in [0.2, 0.25) is 0 Å². The van der Waals surface area contributed by atoms with Crippen LogP contribution in [-0.2, 0) is 9.53 Å². The number of hydrogen-bond donors (Lipinski definition) is 1. The highest BCUT2D eigenvalue weighted by molar-refractivity contribution is 5.81. The first-order chi connectivity index (χ1) is 10.1. The molecule has 21 heavy (non-hydrogen) atoms. The van der Waals surface area contributed by atoms with E-state index in [9.17, 15) is 4.79 Å². The van der Waals surface area contributed by atoms with Crippen LogP contribution in [0.3, 0.4) is 0 Å². The van der Waals surface area contributed by atoms with E-state index in [0.29, 0.717) is 13.0 Å². The minimum absolute atomic E-state index is 0.107. The Morgan fingerprint density at radius 2 is 2.14 bits per heavy atom. The van der Waals surface area contributed by atoms with Crippen molar-refractivity contribution in [1.29, 1.82) is 0 Å². The summed E-state index contributed by atoms with van der Waals surface area (Å²) in [7, 11) is 3.01. The first-order valence-electron chi connectivity index (χ1n) is 7.24. The molecule has 0 amide bonds. The van der Waals surface area contributed by atoms with Crippen molar-refractivity contribution < 1.29 is 19.0 Å². The number of rotatable bonds is 6. The molecule has 0 aromatic heterocycles. The molecular formula is C16H23NO4. The maximum Gasteiger partial charge on any atom is 0.326 e. The maximum absolute atomic E-state index is 11.9. The number of esters is 1. The fourth-order valence-electron chi connectivity index (χ4n) is 2.97. The van der Waals surface area contributed by atoms with E-state index in [-0.39, 0.29) is 11.9 Å². The first-order valence-corrected chi connectivity index (χ1v) is 7.24. The van der Waals surface area contributed by atoms with Gasteiger partial charge in [-0.05, 0) is 37.3 Å². The molecule has 2 rings (SSSR count). The number of carbonyl (C=O) groups is 1. The van der Waals surface area contributed by atoms with E-state index in [1.54, 1.807) is 7.11 Å². The van der Waals surface area contributed by atoms with Crippen molar-refractivity contribution in [3.63, 3.8) is 0 Å². The summed E-state index contributed by atoms with van der Waals surface area (Å²) in [6, 6.07) is 7.47. The van der Waals surface area contributed by atoms with Crippen molar-refractivity contribution in [3.05, 3.63) is 24.3 Å². The number of hydrogen-bond acceptors (Lipinski definition) is 5. The van der Waals surface area contributed by atoms with Crippen LogP contribution in [0, 0.1) is 5.92 Å². The van der Waals surface area contributed by atoms with Gasteiger partial charge in [-0.2, -0.15) is 0 Å². The summed E-state index contributed by atoms with van der Waals surface area (Å²) in [5, 5.41) is 0. The van der Waals surface area contributed by atoms with Gasteiger partial charge in [-0.15, -0.1) is 0 Å². The van der Waals surface area contributed by atoms with Gasteiger partial charge in [0.05, 0.1) is 20.8 Å². The third-order valence-corrected chi connectivity index (χ3v) is 4.21. The average molecular weight is 293 g/mol. The molecule has 2 unspecified atom stereocenters. The molecule has 1 saturated carbocycles. The lowest BCUT2D eigenvalue weighted by molar-refractivity contribution is -0.148. The predicted octanol–water partition coefficient (Wildman–Crippen LogP) is 2.13. The lowest BCUT2D eigenvalue weighted by Crippen LogP contribution is -2.52. The Kier molecular flexibility index (Phi) is 5.07. The van der Waals surface area contributed by atoms with E-state index in [1.807, 2.05) is 24.3 Å². The number of carbonyl (C=O) groups excluding carboxylic acids is 1. The second-order valence-corrected chi connectivity index (χ2v) is 5.44. The van der Waals surface area contributed by atoms with Crippen molar-refractivity contribution in [2.24, 2.45) is 11.7 Å². The molecule has 5 nitrogen and oxygen atoms in total. The molecule has 116 valence electrons. The van der Waals surface area contributed by atoms with Crippen LogP contribution in [0.5, 0.6) is 11.5 Å². The largest absolute Gasteiger partial charge is 0.497 e. The fourth-order valence-corrected chi connectivity index (χ4v) is 2.97. The predicted molar refractivity (Wildman–Crippen MR) is 79.4 cm³/mol. The number of benzene rings is 1. The zero-order valence-electron chi connectivity index (χ0n) is 12.6. The molecular weight excluding hydrogens is 270 g/mol. The smallest absolute Gasteiger partial charge is 0.326 e. The number of methoxy groups -OCH3 is 2. The van der Waals surface area contributed by atoms with Crippen molar-refractivity contribution in [2.75, 3.05) is 20.8 Å². The standard InChI is InChI=1S/C16H23NO4/c1-19-13-6-3-7-14(11-13)21-10-8-12-5-4-9-16(12,17)15(18)20-2/h3,6-7,11-12H,4-5,8-10,17H2,1-2H3. The third kappa shape index (κ3) is 3.47. The number of ether oxygens (including phenoxy) is 3. The lowest BCUT2D eigenvalue weighted by atomic mass is 9.86. The summed E-state index contributed by atoms with van der Waals surface area (Å²) in [6.45, 7) is 0.522. The van der Waals surface area contributed by atoms with Crippen LogP contribution in [-0.4, -0.2) is 32.3 Å². The summed E-state index contributed by atoms with van der Waals surface area (Å²) in [6.07, 6.45) is 3.31. The monoisotopic (exact) mass is 293 g/mol. The molecule has 0 saturated heterocycles. The van der Waals surface area contributed by atoms with E-state index in [2.05, 4.69) is 0 Å². The zero-order valence-corrected chi connectivity index (χ0v) is 12.6. The van der Waals surface area contributed by atoms with Crippen molar-refractivity contribution >= 4 is 5.97 Å². The SMILES string of the molecule is COC(=O)C1(N)CCCC1CCOc1cccc(OC)c1. The molecule has 1 aromatic rings. The molecule has 0 aliphatic heterocycles. The molecule has 0 heterocycles. The highest BCUT2D eigenvalue weighted by Crippen LogP contribution is 2.37. The normalized spacial score (nSPS) is 24.6. The fraction of sp³-hybridized carbons (Fsp3) is 0.562. The van der Waals surface area contributed by atoms with E-state index in [1.165, 1.54) is 7.11 Å². The van der Waals surface area contributed by atoms with Gasteiger partial charge in [0.25, 0.3) is 0 Å². The van der Waals surface area contributed by atoms with Crippen molar-refractivity contribution in [1.82, 2.24) is 0 Å². The topological polar surface area (TPSA) is 70.8 Å². The lowest BCUT2D eigenvalue weighted by Gasteiger charge is -2.28. The number of nitrogens with two attached hydrogens (primary N) is 1. The maximum atomic E-state index is 11.9. The van der Waals surface area contributed by atoms with E-state index >= 15 is 0 Å². The molecule has 1 aromatic carbocycles. The highest BCUT2D eigenvalue weighted by Gasteiger charge is 2.46. The van der Waals surface area contributed by atoms with Gasteiger partial charge in [-0.3, -0.25) is 4.79 Å². The Balaban J connectivity index is 1.89. The van der Waals surface area contributed by atoms with E-state index in [0.717, 1.165) is 30.8 Å². The van der Waals surface area contributed by atoms with Gasteiger partial charge in [-0.25, -0.2) is 0 Å². The summed E-state index contributed by atoms with van der Waals surface area (Å²) >= 11 is 0. The Bertz CT molecular complexity index is 491. The Labute approximate surface area is 125 Å². The van der Waals surface area contributed by atoms with Gasteiger partial charge in [-0.1, -0.05) is 12.5 Å². The summed E-state index contributed by atoms with van der Waals surface area (Å²) < 4.78 is 15.7. The second-order valence-electron chi connectivity index (χ2n) is 5.44. The van der Waals surface area contributed by atoms with Gasteiger partial charge >= 0.3 is 5.97 Å². The molecule has 1 aliphatic carbocycles. The zero-order chi connectivity index (χ0) is 15.3. The Morgan fingerprint density at radius 3 is 2.86 bits per heavy atom. The first kappa shape index (κ1) is 15.6. The van der Waals surface area contributed by atoms with E-state index < -0.39 is 5.54 Å². The minimum Gasteiger partial charge on any atom is -0.497 e. The van der Waals surface area contributed by atoms with Crippen molar-refractivity contribution in [2.45, 2.75) is 31.2 Å². The van der Waals surface area contributed by atoms with Gasteiger partial charge in [0.2, 0.25) is 0 Å².